The van der Waals surface area contributed by atoms with Crippen LogP contribution in [0.1, 0.15) is 42.7 Å². The third-order valence-corrected chi connectivity index (χ3v) is 5.30. The summed E-state index contributed by atoms with van der Waals surface area (Å²) in [4.78, 5) is 0. The van der Waals surface area contributed by atoms with E-state index in [0.29, 0.717) is 24.5 Å². The largest absolute Gasteiger partial charge is 0.504 e. The van der Waals surface area contributed by atoms with Crippen LogP contribution in [0.15, 0.2) is 72.8 Å². The fraction of sp³-hybridized carbons (Fsp3) is 0.231. The molecule has 3 aromatic carbocycles. The second-order valence-electron chi connectivity index (χ2n) is 7.44. The Labute approximate surface area is 187 Å². The highest BCUT2D eigenvalue weighted by atomic mass is 19.1. The minimum Gasteiger partial charge on any atom is -0.504 e. The second-order valence-corrected chi connectivity index (χ2v) is 7.44. The van der Waals surface area contributed by atoms with E-state index in [-0.39, 0.29) is 23.8 Å². The number of benzene rings is 3. The van der Waals surface area contributed by atoms with Gasteiger partial charge in [-0.3, -0.25) is 5.32 Å². The molecule has 1 aliphatic rings. The normalized spacial score (nSPS) is 17.9. The molecule has 0 fully saturated rings. The van der Waals surface area contributed by atoms with E-state index in [2.05, 4.69) is 10.6 Å². The molecule has 6 heteroatoms. The number of hydrogen-bond acceptors (Lipinski definition) is 5. The van der Waals surface area contributed by atoms with Gasteiger partial charge in [0.15, 0.2) is 11.5 Å². The maximum Gasteiger partial charge on any atom is 0.162 e. The van der Waals surface area contributed by atoms with Crippen molar-refractivity contribution in [1.82, 2.24) is 10.6 Å². The lowest BCUT2D eigenvalue weighted by atomic mass is 9.97. The van der Waals surface area contributed by atoms with Crippen LogP contribution in [0.3, 0.4) is 0 Å². The van der Waals surface area contributed by atoms with Gasteiger partial charge in [-0.05, 0) is 73.5 Å². The smallest absolute Gasteiger partial charge is 0.162 e. The molecule has 166 valence electrons. The van der Waals surface area contributed by atoms with Gasteiger partial charge in [0.1, 0.15) is 17.7 Å². The van der Waals surface area contributed by atoms with Crippen molar-refractivity contribution in [2.24, 2.45) is 0 Å². The van der Waals surface area contributed by atoms with Crippen molar-refractivity contribution in [1.29, 1.82) is 0 Å². The van der Waals surface area contributed by atoms with Crippen LogP contribution in [0, 0.1) is 5.82 Å². The average Bonchev–Trinajstić information content (AvgIpc) is 2.81. The third-order valence-electron chi connectivity index (χ3n) is 5.30. The summed E-state index contributed by atoms with van der Waals surface area (Å²) in [5.74, 6) is 1.02. The van der Waals surface area contributed by atoms with Crippen LogP contribution in [0.5, 0.6) is 17.2 Å². The van der Waals surface area contributed by atoms with E-state index in [9.17, 15) is 9.50 Å². The Morgan fingerprint density at radius 2 is 1.69 bits per heavy atom. The molecule has 0 saturated carbocycles. The molecule has 0 spiro atoms. The lowest BCUT2D eigenvalue weighted by Crippen LogP contribution is -2.39. The van der Waals surface area contributed by atoms with Crippen LogP contribution in [-0.2, 0) is 0 Å². The first-order chi connectivity index (χ1) is 15.6. The van der Waals surface area contributed by atoms with Crippen LogP contribution in [0.4, 0.5) is 4.39 Å². The van der Waals surface area contributed by atoms with Gasteiger partial charge in [-0.15, -0.1) is 0 Å². The van der Waals surface area contributed by atoms with Crippen molar-refractivity contribution >= 4 is 5.70 Å². The van der Waals surface area contributed by atoms with Crippen molar-refractivity contribution in [3.05, 3.63) is 95.3 Å². The summed E-state index contributed by atoms with van der Waals surface area (Å²) in [7, 11) is 0. The molecule has 1 aliphatic heterocycles. The predicted octanol–water partition coefficient (Wildman–Crippen LogP) is 5.30. The first-order valence-corrected chi connectivity index (χ1v) is 10.8. The van der Waals surface area contributed by atoms with Gasteiger partial charge in [-0.25, -0.2) is 4.39 Å². The lowest BCUT2D eigenvalue weighted by Gasteiger charge is -2.33. The molecule has 4 rings (SSSR count). The predicted molar refractivity (Wildman–Crippen MR) is 123 cm³/mol. The van der Waals surface area contributed by atoms with Crippen LogP contribution < -0.4 is 20.1 Å². The second kappa shape index (κ2) is 9.75. The number of phenols is 1. The summed E-state index contributed by atoms with van der Waals surface area (Å²) in [6, 6.07) is 19.4. The highest BCUT2D eigenvalue weighted by molar-refractivity contribution is 5.67. The van der Waals surface area contributed by atoms with E-state index < -0.39 is 0 Å². The van der Waals surface area contributed by atoms with Crippen LogP contribution in [0.2, 0.25) is 0 Å². The molecule has 2 unspecified atom stereocenters. The van der Waals surface area contributed by atoms with Crippen molar-refractivity contribution in [3.8, 4) is 17.2 Å². The molecule has 5 nitrogen and oxygen atoms in total. The standard InChI is InChI=1S/C26H27FN2O3/c1-3-31-20-13-11-17(12-14-20)22-16-23(21-9-6-10-24(25(21)30)32-4-2)29-26(28-22)18-7-5-8-19(27)15-18/h5-16,23,26,28-30H,3-4H2,1-2H3. The Morgan fingerprint density at radius 3 is 2.41 bits per heavy atom. The first-order valence-electron chi connectivity index (χ1n) is 10.8. The summed E-state index contributed by atoms with van der Waals surface area (Å²) in [5, 5.41) is 17.7. The highest BCUT2D eigenvalue weighted by Gasteiger charge is 2.26. The van der Waals surface area contributed by atoms with Crippen molar-refractivity contribution < 1.29 is 19.0 Å². The molecular weight excluding hydrogens is 407 g/mol. The molecule has 32 heavy (non-hydrogen) atoms. The van der Waals surface area contributed by atoms with Crippen molar-refractivity contribution in [2.45, 2.75) is 26.1 Å². The van der Waals surface area contributed by atoms with Gasteiger partial charge in [-0.2, -0.15) is 0 Å². The minimum absolute atomic E-state index is 0.0917. The summed E-state index contributed by atoms with van der Waals surface area (Å²) in [6.07, 6.45) is 1.65. The monoisotopic (exact) mass is 434 g/mol. The maximum absolute atomic E-state index is 13.9. The summed E-state index contributed by atoms with van der Waals surface area (Å²) in [5.41, 5.74) is 3.27. The molecule has 0 aliphatic carbocycles. The van der Waals surface area contributed by atoms with E-state index in [1.807, 2.05) is 62.4 Å². The number of ether oxygens (including phenoxy) is 2. The summed E-state index contributed by atoms with van der Waals surface area (Å²) in [6.45, 7) is 4.87. The fourth-order valence-corrected chi connectivity index (χ4v) is 3.82. The number of para-hydroxylation sites is 1. The number of phenolic OH excluding ortho intramolecular Hbond substituents is 1. The van der Waals surface area contributed by atoms with Gasteiger partial charge in [0.2, 0.25) is 0 Å². The summed E-state index contributed by atoms with van der Waals surface area (Å²) < 4.78 is 25.1. The van der Waals surface area contributed by atoms with E-state index in [4.69, 9.17) is 9.47 Å². The number of nitrogens with one attached hydrogen (secondary N) is 2. The Kier molecular flexibility index (Phi) is 6.61. The molecule has 0 radical (unpaired) electrons. The molecule has 1 heterocycles. The Balaban J connectivity index is 1.74. The van der Waals surface area contributed by atoms with Gasteiger partial charge in [0, 0.05) is 11.3 Å². The fourth-order valence-electron chi connectivity index (χ4n) is 3.82. The zero-order chi connectivity index (χ0) is 22.5. The maximum atomic E-state index is 13.9. The van der Waals surface area contributed by atoms with Gasteiger partial charge in [0.25, 0.3) is 0 Å². The number of aromatic hydroxyl groups is 1. The third kappa shape index (κ3) is 4.70. The van der Waals surface area contributed by atoms with E-state index >= 15 is 0 Å². The van der Waals surface area contributed by atoms with E-state index in [1.54, 1.807) is 12.1 Å². The van der Waals surface area contributed by atoms with Crippen molar-refractivity contribution in [2.75, 3.05) is 13.2 Å². The van der Waals surface area contributed by atoms with Crippen LogP contribution in [-0.4, -0.2) is 18.3 Å². The summed E-state index contributed by atoms with van der Waals surface area (Å²) >= 11 is 0. The van der Waals surface area contributed by atoms with Crippen molar-refractivity contribution in [3.63, 3.8) is 0 Å². The Hall–Kier alpha value is -3.51. The highest BCUT2D eigenvalue weighted by Crippen LogP contribution is 2.38. The minimum atomic E-state index is -0.364. The zero-order valence-corrected chi connectivity index (χ0v) is 18.1. The molecular formula is C26H27FN2O3. The molecule has 0 amide bonds. The van der Waals surface area contributed by atoms with Gasteiger partial charge < -0.3 is 19.9 Å². The van der Waals surface area contributed by atoms with Gasteiger partial charge in [0.05, 0.1) is 19.3 Å². The van der Waals surface area contributed by atoms with E-state index in [0.717, 1.165) is 22.6 Å². The Bertz CT molecular complexity index is 1100. The van der Waals surface area contributed by atoms with Gasteiger partial charge in [-0.1, -0.05) is 24.3 Å². The van der Waals surface area contributed by atoms with Crippen LogP contribution >= 0.6 is 0 Å². The Morgan fingerprint density at radius 1 is 0.938 bits per heavy atom. The molecule has 2 atom stereocenters. The van der Waals surface area contributed by atoms with E-state index in [1.165, 1.54) is 12.1 Å². The quantitative estimate of drug-likeness (QED) is 0.471. The molecule has 0 aromatic heterocycles. The molecule has 3 aromatic rings. The number of hydrogen-bond donors (Lipinski definition) is 3. The molecule has 0 bridgehead atoms. The van der Waals surface area contributed by atoms with Gasteiger partial charge >= 0.3 is 0 Å². The SMILES string of the molecule is CCOc1ccc(C2=CC(c3cccc(OCC)c3O)NC(c3cccc(F)c3)N2)cc1. The van der Waals surface area contributed by atoms with Crippen LogP contribution in [0.25, 0.3) is 5.70 Å². The first kappa shape index (κ1) is 21.7. The average molecular weight is 435 g/mol. The molecule has 0 saturated heterocycles. The number of halogens is 1. The topological polar surface area (TPSA) is 62.8 Å². The number of rotatable bonds is 7. The lowest BCUT2D eigenvalue weighted by molar-refractivity contribution is 0.314. The molecule has 3 N–H and O–H groups in total. The zero-order valence-electron chi connectivity index (χ0n) is 18.1.